The molecule has 2 aliphatic rings. The molecule has 2 saturated carbocycles. The average molecular weight is 282 g/mol. The van der Waals surface area contributed by atoms with Crippen LogP contribution < -0.4 is 10.6 Å². The predicted molar refractivity (Wildman–Crippen MR) is 80.5 cm³/mol. The van der Waals surface area contributed by atoms with Gasteiger partial charge in [0, 0.05) is 18.7 Å². The number of hydrogen-bond acceptors (Lipinski definition) is 2. The van der Waals surface area contributed by atoms with E-state index >= 15 is 0 Å². The van der Waals surface area contributed by atoms with Crippen molar-refractivity contribution >= 4 is 6.03 Å². The van der Waals surface area contributed by atoms with Gasteiger partial charge in [-0.2, -0.15) is 0 Å². The smallest absolute Gasteiger partial charge is 0.315 e. The molecule has 0 aromatic heterocycles. The van der Waals surface area contributed by atoms with Crippen molar-refractivity contribution in [2.45, 2.75) is 76.8 Å². The molecular weight excluding hydrogens is 252 g/mol. The first-order valence-electron chi connectivity index (χ1n) is 8.39. The van der Waals surface area contributed by atoms with Gasteiger partial charge in [-0.25, -0.2) is 4.79 Å². The van der Waals surface area contributed by atoms with E-state index in [9.17, 15) is 4.79 Å². The lowest BCUT2D eigenvalue weighted by Crippen LogP contribution is -2.48. The van der Waals surface area contributed by atoms with Crippen LogP contribution in [0.15, 0.2) is 0 Å². The second kappa shape index (κ2) is 7.87. The first-order chi connectivity index (χ1) is 9.71. The summed E-state index contributed by atoms with van der Waals surface area (Å²) in [5.74, 6) is 1.23. The van der Waals surface area contributed by atoms with E-state index in [1.54, 1.807) is 0 Å². The van der Waals surface area contributed by atoms with Gasteiger partial charge in [-0.1, -0.05) is 26.2 Å². The minimum absolute atomic E-state index is 0.0131. The second-order valence-electron chi connectivity index (χ2n) is 6.66. The minimum atomic E-state index is 0.0131. The number of rotatable bonds is 4. The molecular formula is C16H30N2O2. The van der Waals surface area contributed by atoms with E-state index in [0.717, 1.165) is 44.4 Å². The van der Waals surface area contributed by atoms with Gasteiger partial charge in [0.1, 0.15) is 0 Å². The Labute approximate surface area is 122 Å². The predicted octanol–water partition coefficient (Wildman–Crippen LogP) is 2.81. The highest BCUT2D eigenvalue weighted by Crippen LogP contribution is 2.27. The Kier molecular flexibility index (Phi) is 6.14. The summed E-state index contributed by atoms with van der Waals surface area (Å²) < 4.78 is 0. The van der Waals surface area contributed by atoms with Crippen LogP contribution in [-0.2, 0) is 0 Å². The van der Waals surface area contributed by atoms with Crippen molar-refractivity contribution in [3.05, 3.63) is 0 Å². The lowest BCUT2D eigenvalue weighted by atomic mass is 9.84. The molecule has 4 nitrogen and oxygen atoms in total. The van der Waals surface area contributed by atoms with E-state index in [1.807, 2.05) is 0 Å². The molecule has 2 aliphatic carbocycles. The first-order valence-corrected chi connectivity index (χ1v) is 8.39. The normalized spacial score (nSPS) is 34.5. The quantitative estimate of drug-likeness (QED) is 0.742. The maximum atomic E-state index is 12.1. The third-order valence-corrected chi connectivity index (χ3v) is 5.14. The van der Waals surface area contributed by atoms with Crippen LogP contribution in [0.5, 0.6) is 0 Å². The van der Waals surface area contributed by atoms with Gasteiger partial charge in [0.15, 0.2) is 0 Å². The van der Waals surface area contributed by atoms with Crippen LogP contribution in [0.1, 0.15) is 64.7 Å². The van der Waals surface area contributed by atoms with Gasteiger partial charge < -0.3 is 15.7 Å². The highest BCUT2D eigenvalue weighted by Gasteiger charge is 2.25. The van der Waals surface area contributed by atoms with Crippen LogP contribution in [0.2, 0.25) is 0 Å². The fraction of sp³-hybridized carbons (Fsp3) is 0.938. The molecule has 116 valence electrons. The number of urea groups is 1. The number of carbonyl (C=O) groups excluding carboxylic acids is 1. The Bertz CT molecular complexity index is 301. The number of nitrogens with one attached hydrogen (secondary N) is 2. The summed E-state index contributed by atoms with van der Waals surface area (Å²) in [5.41, 5.74) is 0. The summed E-state index contributed by atoms with van der Waals surface area (Å²) in [7, 11) is 0. The molecule has 20 heavy (non-hydrogen) atoms. The average Bonchev–Trinajstić information content (AvgIpc) is 2.48. The Morgan fingerprint density at radius 2 is 1.70 bits per heavy atom. The van der Waals surface area contributed by atoms with Crippen molar-refractivity contribution in [3.8, 4) is 0 Å². The summed E-state index contributed by atoms with van der Waals surface area (Å²) >= 11 is 0. The lowest BCUT2D eigenvalue weighted by Gasteiger charge is -2.31. The van der Waals surface area contributed by atoms with Crippen LogP contribution in [0, 0.1) is 11.8 Å². The molecule has 0 heterocycles. The van der Waals surface area contributed by atoms with Crippen LogP contribution in [0.4, 0.5) is 4.79 Å². The molecule has 2 atom stereocenters. The molecule has 4 heteroatoms. The first kappa shape index (κ1) is 15.6. The van der Waals surface area contributed by atoms with Crippen LogP contribution in [0.3, 0.4) is 0 Å². The van der Waals surface area contributed by atoms with Gasteiger partial charge in [0.25, 0.3) is 0 Å². The molecule has 2 fully saturated rings. The Hall–Kier alpha value is -0.770. The number of amides is 2. The maximum Gasteiger partial charge on any atom is 0.315 e. The molecule has 0 bridgehead atoms. The molecule has 2 rings (SSSR count). The zero-order valence-electron chi connectivity index (χ0n) is 12.7. The van der Waals surface area contributed by atoms with Crippen molar-refractivity contribution in [2.24, 2.45) is 11.8 Å². The number of carbonyl (C=O) groups is 1. The number of aliphatic hydroxyl groups excluding tert-OH is 1. The zero-order chi connectivity index (χ0) is 14.4. The molecule has 0 aromatic rings. The fourth-order valence-corrected chi connectivity index (χ4v) is 3.69. The van der Waals surface area contributed by atoms with Crippen LogP contribution in [0.25, 0.3) is 0 Å². The fourth-order valence-electron chi connectivity index (χ4n) is 3.69. The Morgan fingerprint density at radius 3 is 2.35 bits per heavy atom. The summed E-state index contributed by atoms with van der Waals surface area (Å²) in [4.78, 5) is 12.1. The van der Waals surface area contributed by atoms with E-state index in [0.29, 0.717) is 24.6 Å². The molecule has 0 spiro atoms. The van der Waals surface area contributed by atoms with Gasteiger partial charge in [-0.15, -0.1) is 0 Å². The summed E-state index contributed by atoms with van der Waals surface area (Å²) in [6, 6.07) is 0.671. The van der Waals surface area contributed by atoms with E-state index in [2.05, 4.69) is 17.6 Å². The standard InChI is InChI=1S/C16H30N2O2/c1-2-12-4-3-5-15(10-12)18-16(20)17-14-8-6-13(11-19)7-9-14/h12-15,19H,2-11H2,1H3,(H2,17,18,20). The Morgan fingerprint density at radius 1 is 1.00 bits per heavy atom. The maximum absolute atomic E-state index is 12.1. The summed E-state index contributed by atoms with van der Waals surface area (Å²) in [6.45, 7) is 2.53. The summed E-state index contributed by atoms with van der Waals surface area (Å²) in [6.07, 6.45) is 10.1. The lowest BCUT2D eigenvalue weighted by molar-refractivity contribution is 0.173. The Balaban J connectivity index is 1.67. The SMILES string of the molecule is CCC1CCCC(NC(=O)NC2CCC(CO)CC2)C1. The van der Waals surface area contributed by atoms with E-state index in [-0.39, 0.29) is 6.03 Å². The van der Waals surface area contributed by atoms with Crippen molar-refractivity contribution in [1.82, 2.24) is 10.6 Å². The van der Waals surface area contributed by atoms with Crippen LogP contribution in [-0.4, -0.2) is 29.8 Å². The van der Waals surface area contributed by atoms with E-state index < -0.39 is 0 Å². The molecule has 0 aromatic carbocycles. The molecule has 0 aliphatic heterocycles. The van der Waals surface area contributed by atoms with Crippen LogP contribution >= 0.6 is 0 Å². The van der Waals surface area contributed by atoms with Crippen molar-refractivity contribution in [2.75, 3.05) is 6.61 Å². The molecule has 2 amide bonds. The summed E-state index contributed by atoms with van der Waals surface area (Å²) in [5, 5.41) is 15.4. The highest BCUT2D eigenvalue weighted by atomic mass is 16.3. The highest BCUT2D eigenvalue weighted by molar-refractivity contribution is 5.74. The second-order valence-corrected chi connectivity index (χ2v) is 6.66. The van der Waals surface area contributed by atoms with Crippen molar-refractivity contribution in [1.29, 1.82) is 0 Å². The van der Waals surface area contributed by atoms with Gasteiger partial charge >= 0.3 is 6.03 Å². The molecule has 3 N–H and O–H groups in total. The third-order valence-electron chi connectivity index (χ3n) is 5.14. The van der Waals surface area contributed by atoms with Crippen molar-refractivity contribution < 1.29 is 9.90 Å². The third kappa shape index (κ3) is 4.65. The largest absolute Gasteiger partial charge is 0.396 e. The molecule has 0 saturated heterocycles. The van der Waals surface area contributed by atoms with Gasteiger partial charge in [0.05, 0.1) is 0 Å². The van der Waals surface area contributed by atoms with E-state index in [1.165, 1.54) is 19.3 Å². The monoisotopic (exact) mass is 282 g/mol. The van der Waals surface area contributed by atoms with Gasteiger partial charge in [-0.05, 0) is 50.4 Å². The van der Waals surface area contributed by atoms with Crippen molar-refractivity contribution in [3.63, 3.8) is 0 Å². The topological polar surface area (TPSA) is 61.4 Å². The molecule has 2 unspecified atom stereocenters. The number of aliphatic hydroxyl groups is 1. The van der Waals surface area contributed by atoms with E-state index in [4.69, 9.17) is 5.11 Å². The van der Waals surface area contributed by atoms with Gasteiger partial charge in [-0.3, -0.25) is 0 Å². The number of hydrogen-bond donors (Lipinski definition) is 3. The molecule has 0 radical (unpaired) electrons. The zero-order valence-corrected chi connectivity index (χ0v) is 12.7. The minimum Gasteiger partial charge on any atom is -0.396 e. The van der Waals surface area contributed by atoms with Gasteiger partial charge in [0.2, 0.25) is 0 Å².